The third-order valence-corrected chi connectivity index (χ3v) is 2.98. The van der Waals surface area contributed by atoms with Gasteiger partial charge in [-0.25, -0.2) is 4.79 Å². The van der Waals surface area contributed by atoms with E-state index in [0.29, 0.717) is 0 Å². The van der Waals surface area contributed by atoms with Crippen LogP contribution in [0.25, 0.3) is 0 Å². The van der Waals surface area contributed by atoms with Gasteiger partial charge in [0.1, 0.15) is 5.60 Å². The largest absolute Gasteiger partial charge is 0.444 e. The van der Waals surface area contributed by atoms with Gasteiger partial charge in [0.15, 0.2) is 0 Å². The van der Waals surface area contributed by atoms with Gasteiger partial charge in [0, 0.05) is 4.47 Å². The summed E-state index contributed by atoms with van der Waals surface area (Å²) in [7, 11) is 0. The number of benzene rings is 1. The highest BCUT2D eigenvalue weighted by atomic mass is 79.9. The average molecular weight is 330 g/mol. The van der Waals surface area contributed by atoms with Gasteiger partial charge in [-0.05, 0) is 51.0 Å². The van der Waals surface area contributed by atoms with Gasteiger partial charge >= 0.3 is 6.09 Å². The van der Waals surface area contributed by atoms with E-state index in [2.05, 4.69) is 21.2 Å². The lowest BCUT2D eigenvalue weighted by Gasteiger charge is -2.23. The molecule has 1 atom stereocenters. The van der Waals surface area contributed by atoms with Gasteiger partial charge in [0.25, 0.3) is 0 Å². The zero-order chi connectivity index (χ0) is 14.6. The first-order valence-electron chi connectivity index (χ1n) is 6.09. The number of aliphatic hydroxyl groups excluding tert-OH is 1. The second-order valence-electron chi connectivity index (χ2n) is 5.38. The number of carbonyl (C=O) groups excluding carboxylic acids is 1. The van der Waals surface area contributed by atoms with Gasteiger partial charge in [-0.15, -0.1) is 0 Å². The summed E-state index contributed by atoms with van der Waals surface area (Å²) in [5, 5.41) is 12.1. The number of hydrogen-bond donors (Lipinski definition) is 2. The van der Waals surface area contributed by atoms with E-state index in [1.54, 1.807) is 20.8 Å². The molecule has 0 aliphatic carbocycles. The van der Waals surface area contributed by atoms with E-state index < -0.39 is 17.7 Å². The predicted octanol–water partition coefficient (Wildman–Crippen LogP) is 3.32. The van der Waals surface area contributed by atoms with Crippen molar-refractivity contribution in [3.8, 4) is 0 Å². The number of nitrogens with one attached hydrogen (secondary N) is 1. The molecule has 1 aromatic rings. The van der Waals surface area contributed by atoms with Crippen LogP contribution in [0.2, 0.25) is 0 Å². The van der Waals surface area contributed by atoms with Crippen molar-refractivity contribution in [2.75, 3.05) is 6.61 Å². The molecular formula is C14H20BrNO3. The summed E-state index contributed by atoms with van der Waals surface area (Å²) < 4.78 is 6.09. The summed E-state index contributed by atoms with van der Waals surface area (Å²) in [6, 6.07) is 5.25. The van der Waals surface area contributed by atoms with Crippen LogP contribution in [0, 0.1) is 6.92 Å². The monoisotopic (exact) mass is 329 g/mol. The molecule has 0 spiro atoms. The molecule has 0 aliphatic rings. The van der Waals surface area contributed by atoms with Crippen LogP contribution in [0.3, 0.4) is 0 Å². The molecule has 1 amide bonds. The summed E-state index contributed by atoms with van der Waals surface area (Å²) in [6.45, 7) is 7.14. The third-order valence-electron chi connectivity index (χ3n) is 2.49. The molecule has 1 aromatic carbocycles. The van der Waals surface area contributed by atoms with Crippen molar-refractivity contribution >= 4 is 22.0 Å². The van der Waals surface area contributed by atoms with Crippen molar-refractivity contribution in [2.45, 2.75) is 39.3 Å². The number of carbonyl (C=O) groups is 1. The van der Waals surface area contributed by atoms with Gasteiger partial charge in [-0.3, -0.25) is 0 Å². The lowest BCUT2D eigenvalue weighted by Crippen LogP contribution is -2.36. The molecule has 0 saturated heterocycles. The molecule has 106 valence electrons. The maximum absolute atomic E-state index is 11.7. The number of alkyl carbamates (subject to hydrolysis) is 1. The van der Waals surface area contributed by atoms with Gasteiger partial charge in [0.05, 0.1) is 12.6 Å². The van der Waals surface area contributed by atoms with Gasteiger partial charge in [-0.2, -0.15) is 0 Å². The molecule has 0 radical (unpaired) electrons. The van der Waals surface area contributed by atoms with E-state index >= 15 is 0 Å². The molecule has 0 bridgehead atoms. The summed E-state index contributed by atoms with van der Waals surface area (Å²) in [4.78, 5) is 11.7. The number of hydrogen-bond acceptors (Lipinski definition) is 3. The van der Waals surface area contributed by atoms with Crippen LogP contribution < -0.4 is 5.32 Å². The van der Waals surface area contributed by atoms with Crippen LogP contribution in [0.1, 0.15) is 37.9 Å². The zero-order valence-corrected chi connectivity index (χ0v) is 13.2. The molecule has 1 unspecified atom stereocenters. The lowest BCUT2D eigenvalue weighted by atomic mass is 10.0. The number of aryl methyl sites for hydroxylation is 1. The highest BCUT2D eigenvalue weighted by Crippen LogP contribution is 2.22. The zero-order valence-electron chi connectivity index (χ0n) is 11.7. The van der Waals surface area contributed by atoms with Crippen molar-refractivity contribution in [2.24, 2.45) is 0 Å². The molecule has 0 heterocycles. The molecule has 5 heteroatoms. The second-order valence-corrected chi connectivity index (χ2v) is 6.30. The molecule has 0 saturated carbocycles. The molecule has 19 heavy (non-hydrogen) atoms. The van der Waals surface area contributed by atoms with E-state index in [-0.39, 0.29) is 6.61 Å². The molecular weight excluding hydrogens is 310 g/mol. The number of amides is 1. The Morgan fingerprint density at radius 1 is 1.47 bits per heavy atom. The van der Waals surface area contributed by atoms with Crippen LogP contribution in [-0.2, 0) is 4.74 Å². The maximum Gasteiger partial charge on any atom is 0.408 e. The molecule has 0 aliphatic heterocycles. The Balaban J connectivity index is 2.84. The SMILES string of the molecule is Cc1ccc(Br)cc1C(CO)NC(=O)OC(C)(C)C. The van der Waals surface area contributed by atoms with Gasteiger partial charge < -0.3 is 15.2 Å². The van der Waals surface area contributed by atoms with E-state index in [0.717, 1.165) is 15.6 Å². The quantitative estimate of drug-likeness (QED) is 0.894. The number of rotatable bonds is 3. The maximum atomic E-state index is 11.7. The Morgan fingerprint density at radius 3 is 2.63 bits per heavy atom. The Bertz CT molecular complexity index is 454. The van der Waals surface area contributed by atoms with Crippen molar-refractivity contribution < 1.29 is 14.6 Å². The first kappa shape index (κ1) is 16.0. The van der Waals surface area contributed by atoms with Crippen LogP contribution in [0.15, 0.2) is 22.7 Å². The Labute approximate surface area is 122 Å². The normalized spacial score (nSPS) is 12.9. The van der Waals surface area contributed by atoms with Crippen LogP contribution >= 0.6 is 15.9 Å². The summed E-state index contributed by atoms with van der Waals surface area (Å²) in [5.74, 6) is 0. The fraction of sp³-hybridized carbons (Fsp3) is 0.500. The highest BCUT2D eigenvalue weighted by Gasteiger charge is 2.21. The molecule has 0 aromatic heterocycles. The minimum absolute atomic E-state index is 0.184. The van der Waals surface area contributed by atoms with Crippen molar-refractivity contribution in [3.63, 3.8) is 0 Å². The summed E-state index contributed by atoms with van der Waals surface area (Å²) in [6.07, 6.45) is -0.536. The van der Waals surface area contributed by atoms with E-state index in [4.69, 9.17) is 4.74 Å². The minimum Gasteiger partial charge on any atom is -0.444 e. The predicted molar refractivity (Wildman–Crippen MR) is 78.1 cm³/mol. The second kappa shape index (κ2) is 6.39. The molecule has 0 fully saturated rings. The molecule has 4 nitrogen and oxygen atoms in total. The molecule has 1 rings (SSSR count). The van der Waals surface area contributed by atoms with Crippen LogP contribution in [0.4, 0.5) is 4.79 Å². The average Bonchev–Trinajstić information content (AvgIpc) is 2.27. The smallest absolute Gasteiger partial charge is 0.408 e. The first-order chi connectivity index (χ1) is 8.73. The van der Waals surface area contributed by atoms with Gasteiger partial charge in [-0.1, -0.05) is 22.0 Å². The third kappa shape index (κ3) is 5.20. The topological polar surface area (TPSA) is 58.6 Å². The first-order valence-corrected chi connectivity index (χ1v) is 6.88. The standard InChI is InChI=1S/C14H20BrNO3/c1-9-5-6-10(15)7-11(9)12(8-17)16-13(18)19-14(2,3)4/h5-7,12,17H,8H2,1-4H3,(H,16,18). The Morgan fingerprint density at radius 2 is 2.11 bits per heavy atom. The van der Waals surface area contributed by atoms with E-state index in [1.807, 2.05) is 25.1 Å². The van der Waals surface area contributed by atoms with Crippen LogP contribution in [0.5, 0.6) is 0 Å². The van der Waals surface area contributed by atoms with Gasteiger partial charge in [0.2, 0.25) is 0 Å². The number of ether oxygens (including phenoxy) is 1. The van der Waals surface area contributed by atoms with Crippen molar-refractivity contribution in [3.05, 3.63) is 33.8 Å². The summed E-state index contributed by atoms with van der Waals surface area (Å²) >= 11 is 3.38. The van der Waals surface area contributed by atoms with Crippen molar-refractivity contribution in [1.82, 2.24) is 5.32 Å². The molecule has 2 N–H and O–H groups in total. The summed E-state index contributed by atoms with van der Waals surface area (Å²) in [5.41, 5.74) is 1.30. The minimum atomic E-state index is -0.559. The van der Waals surface area contributed by atoms with Crippen molar-refractivity contribution in [1.29, 1.82) is 0 Å². The number of aliphatic hydroxyl groups is 1. The van der Waals surface area contributed by atoms with Crippen LogP contribution in [-0.4, -0.2) is 23.4 Å². The fourth-order valence-electron chi connectivity index (χ4n) is 1.66. The Kier molecular flexibility index (Phi) is 5.38. The van der Waals surface area contributed by atoms with E-state index in [9.17, 15) is 9.90 Å². The number of halogens is 1. The van der Waals surface area contributed by atoms with E-state index in [1.165, 1.54) is 0 Å². The fourth-order valence-corrected chi connectivity index (χ4v) is 2.04. The lowest BCUT2D eigenvalue weighted by molar-refractivity contribution is 0.0481. The highest BCUT2D eigenvalue weighted by molar-refractivity contribution is 9.10. The Hall–Kier alpha value is -1.07.